The summed E-state index contributed by atoms with van der Waals surface area (Å²) in [6.07, 6.45) is 0. The molecular weight excluding hydrogens is 232 g/mol. The van der Waals surface area contributed by atoms with Crippen molar-refractivity contribution in [3.05, 3.63) is 28.0 Å². The average molecular weight is 241 g/mol. The molecule has 0 aromatic carbocycles. The summed E-state index contributed by atoms with van der Waals surface area (Å²) >= 11 is 3.43. The Morgan fingerprint density at radius 3 is 2.69 bits per heavy atom. The van der Waals surface area contributed by atoms with Crippen LogP contribution in [0.4, 0.5) is 0 Å². The number of aromatic nitrogens is 2. The van der Waals surface area contributed by atoms with Gasteiger partial charge < -0.3 is 5.11 Å². The van der Waals surface area contributed by atoms with Crippen LogP contribution in [0, 0.1) is 13.8 Å². The summed E-state index contributed by atoms with van der Waals surface area (Å²) in [4.78, 5) is 4.01. The summed E-state index contributed by atoms with van der Waals surface area (Å²) in [6.45, 7) is 3.82. The van der Waals surface area contributed by atoms with E-state index < -0.39 is 0 Å². The maximum absolute atomic E-state index is 9.41. The summed E-state index contributed by atoms with van der Waals surface area (Å²) in [5, 5.41) is 9.41. The number of pyridine rings is 1. The highest BCUT2D eigenvalue weighted by atomic mass is 79.9. The predicted octanol–water partition coefficient (Wildman–Crippen LogP) is 2.42. The normalized spacial score (nSPS) is 11.0. The average Bonchev–Trinajstić information content (AvgIpc) is 2.37. The zero-order valence-corrected chi connectivity index (χ0v) is 8.96. The molecule has 0 spiro atoms. The van der Waals surface area contributed by atoms with Gasteiger partial charge in [-0.3, -0.25) is 4.40 Å². The zero-order chi connectivity index (χ0) is 9.59. The van der Waals surface area contributed by atoms with E-state index in [0.29, 0.717) is 0 Å². The third-order valence-corrected chi connectivity index (χ3v) is 3.01. The first kappa shape index (κ1) is 8.56. The highest BCUT2D eigenvalue weighted by molar-refractivity contribution is 9.10. The number of hydrogen-bond acceptors (Lipinski definition) is 2. The Morgan fingerprint density at radius 2 is 2.00 bits per heavy atom. The number of aryl methyl sites for hydroxylation is 2. The van der Waals surface area contributed by atoms with Crippen LogP contribution >= 0.6 is 15.9 Å². The molecule has 2 aromatic rings. The van der Waals surface area contributed by atoms with E-state index in [1.165, 1.54) is 0 Å². The smallest absolute Gasteiger partial charge is 0.233 e. The van der Waals surface area contributed by atoms with Crippen LogP contribution in [0.3, 0.4) is 0 Å². The highest BCUT2D eigenvalue weighted by Gasteiger charge is 2.09. The minimum absolute atomic E-state index is 0.0983. The van der Waals surface area contributed by atoms with Crippen LogP contribution in [-0.4, -0.2) is 14.5 Å². The van der Waals surface area contributed by atoms with Crippen molar-refractivity contribution in [2.45, 2.75) is 13.8 Å². The largest absolute Gasteiger partial charge is 0.492 e. The molecule has 0 fully saturated rings. The molecule has 68 valence electrons. The van der Waals surface area contributed by atoms with Crippen LogP contribution in [0.25, 0.3) is 5.65 Å². The van der Waals surface area contributed by atoms with E-state index in [-0.39, 0.29) is 5.88 Å². The monoisotopic (exact) mass is 240 g/mol. The van der Waals surface area contributed by atoms with E-state index in [1.807, 2.05) is 30.4 Å². The lowest BCUT2D eigenvalue weighted by atomic mass is 10.3. The molecule has 13 heavy (non-hydrogen) atoms. The first-order valence-corrected chi connectivity index (χ1v) is 4.73. The fourth-order valence-electron chi connectivity index (χ4n) is 1.42. The molecule has 0 aliphatic heterocycles. The molecule has 0 unspecified atom stereocenters. The predicted molar refractivity (Wildman–Crippen MR) is 54.0 cm³/mol. The number of aromatic hydroxyl groups is 1. The van der Waals surface area contributed by atoms with E-state index in [0.717, 1.165) is 21.5 Å². The standard InChI is InChI=1S/C9H9BrN2O/c1-5-7(10)3-4-8-11-9(13)6(2)12(5)8/h3-4,13H,1-2H3. The molecule has 2 aromatic heterocycles. The van der Waals surface area contributed by atoms with Gasteiger partial charge >= 0.3 is 0 Å². The maximum atomic E-state index is 9.41. The van der Waals surface area contributed by atoms with Crippen molar-refractivity contribution in [3.63, 3.8) is 0 Å². The van der Waals surface area contributed by atoms with Crippen molar-refractivity contribution in [2.75, 3.05) is 0 Å². The minimum atomic E-state index is 0.0983. The van der Waals surface area contributed by atoms with Crippen molar-refractivity contribution in [3.8, 4) is 5.88 Å². The molecule has 0 aliphatic carbocycles. The van der Waals surface area contributed by atoms with Crippen molar-refractivity contribution < 1.29 is 5.11 Å². The van der Waals surface area contributed by atoms with Crippen molar-refractivity contribution in [1.29, 1.82) is 0 Å². The molecule has 0 bridgehead atoms. The number of rotatable bonds is 0. The van der Waals surface area contributed by atoms with Crippen LogP contribution < -0.4 is 0 Å². The van der Waals surface area contributed by atoms with E-state index in [2.05, 4.69) is 20.9 Å². The number of hydrogen-bond donors (Lipinski definition) is 1. The number of imidazole rings is 1. The first-order chi connectivity index (χ1) is 6.11. The van der Waals surface area contributed by atoms with Gasteiger partial charge in [0.25, 0.3) is 0 Å². The summed E-state index contributed by atoms with van der Waals surface area (Å²) < 4.78 is 2.93. The van der Waals surface area contributed by atoms with Crippen LogP contribution in [0.5, 0.6) is 5.88 Å². The van der Waals surface area contributed by atoms with Gasteiger partial charge in [-0.25, -0.2) is 0 Å². The van der Waals surface area contributed by atoms with Gasteiger partial charge in [0.15, 0.2) is 0 Å². The molecule has 1 N–H and O–H groups in total. The molecule has 0 atom stereocenters. The summed E-state index contributed by atoms with van der Waals surface area (Å²) in [5.41, 5.74) is 2.59. The van der Waals surface area contributed by atoms with Crippen LogP contribution in [0.1, 0.15) is 11.4 Å². The zero-order valence-electron chi connectivity index (χ0n) is 7.37. The van der Waals surface area contributed by atoms with Gasteiger partial charge in [-0.15, -0.1) is 0 Å². The number of halogens is 1. The Kier molecular flexibility index (Phi) is 1.80. The molecular formula is C9H9BrN2O. The van der Waals surface area contributed by atoms with E-state index in [4.69, 9.17) is 0 Å². The fourth-order valence-corrected chi connectivity index (χ4v) is 1.73. The number of fused-ring (bicyclic) bond motifs is 1. The Morgan fingerprint density at radius 1 is 1.31 bits per heavy atom. The Hall–Kier alpha value is -1.03. The fraction of sp³-hybridized carbons (Fsp3) is 0.222. The van der Waals surface area contributed by atoms with Crippen LogP contribution in [0.2, 0.25) is 0 Å². The molecule has 0 saturated carbocycles. The molecule has 4 heteroatoms. The lowest BCUT2D eigenvalue weighted by Crippen LogP contribution is -1.93. The SMILES string of the molecule is Cc1c(Br)ccc2nc(O)c(C)n12. The summed E-state index contributed by atoms with van der Waals surface area (Å²) in [6, 6.07) is 3.79. The van der Waals surface area contributed by atoms with Gasteiger partial charge in [0.2, 0.25) is 5.88 Å². The van der Waals surface area contributed by atoms with Crippen molar-refractivity contribution in [1.82, 2.24) is 9.38 Å². The second-order valence-corrected chi connectivity index (χ2v) is 3.84. The molecule has 3 nitrogen and oxygen atoms in total. The van der Waals surface area contributed by atoms with Crippen LogP contribution in [-0.2, 0) is 0 Å². The Balaban J connectivity index is 2.97. The van der Waals surface area contributed by atoms with Gasteiger partial charge in [-0.1, -0.05) is 0 Å². The molecule has 2 heterocycles. The van der Waals surface area contributed by atoms with E-state index in [1.54, 1.807) is 0 Å². The molecule has 0 radical (unpaired) electrons. The minimum Gasteiger partial charge on any atom is -0.492 e. The van der Waals surface area contributed by atoms with Crippen LogP contribution in [0.15, 0.2) is 16.6 Å². The van der Waals surface area contributed by atoms with Crippen molar-refractivity contribution >= 4 is 21.6 Å². The van der Waals surface area contributed by atoms with Gasteiger partial charge in [0, 0.05) is 10.2 Å². The highest BCUT2D eigenvalue weighted by Crippen LogP contribution is 2.23. The number of nitrogens with zero attached hydrogens (tertiary/aromatic N) is 2. The molecule has 0 aliphatic rings. The lowest BCUT2D eigenvalue weighted by Gasteiger charge is -2.03. The van der Waals surface area contributed by atoms with E-state index in [9.17, 15) is 5.11 Å². The lowest BCUT2D eigenvalue weighted by molar-refractivity contribution is 0.452. The second kappa shape index (κ2) is 2.73. The Labute approximate surface area is 84.2 Å². The van der Waals surface area contributed by atoms with Gasteiger partial charge in [-0.05, 0) is 41.9 Å². The third-order valence-electron chi connectivity index (χ3n) is 2.17. The summed E-state index contributed by atoms with van der Waals surface area (Å²) in [5.74, 6) is 0.0983. The first-order valence-electron chi connectivity index (χ1n) is 3.94. The summed E-state index contributed by atoms with van der Waals surface area (Å²) in [7, 11) is 0. The molecule has 2 rings (SSSR count). The quantitative estimate of drug-likeness (QED) is 0.769. The third kappa shape index (κ3) is 1.13. The molecule has 0 amide bonds. The second-order valence-electron chi connectivity index (χ2n) is 2.98. The van der Waals surface area contributed by atoms with Gasteiger partial charge in [0.1, 0.15) is 5.65 Å². The van der Waals surface area contributed by atoms with E-state index >= 15 is 0 Å². The maximum Gasteiger partial charge on any atom is 0.233 e. The molecule has 0 saturated heterocycles. The van der Waals surface area contributed by atoms with Gasteiger partial charge in [-0.2, -0.15) is 4.98 Å². The Bertz CT molecular complexity index is 476. The van der Waals surface area contributed by atoms with Gasteiger partial charge in [0.05, 0.1) is 5.69 Å². The topological polar surface area (TPSA) is 37.5 Å². The van der Waals surface area contributed by atoms with Crippen molar-refractivity contribution in [2.24, 2.45) is 0 Å².